The van der Waals surface area contributed by atoms with Gasteiger partial charge in [-0.15, -0.1) is 10.2 Å². The summed E-state index contributed by atoms with van der Waals surface area (Å²) < 4.78 is 1.97. The van der Waals surface area contributed by atoms with Crippen LogP contribution in [0.5, 0.6) is 11.5 Å². The summed E-state index contributed by atoms with van der Waals surface area (Å²) in [4.78, 5) is 1.89. The van der Waals surface area contributed by atoms with Crippen molar-refractivity contribution in [1.82, 2.24) is 19.7 Å². The molecule has 0 radical (unpaired) electrons. The minimum atomic E-state index is -1.01. The largest absolute Gasteiger partial charge is 0.507 e. The minimum Gasteiger partial charge on any atom is -0.507 e. The van der Waals surface area contributed by atoms with Crippen LogP contribution in [0.4, 0.5) is 0 Å². The lowest BCUT2D eigenvalue weighted by Gasteiger charge is -2.33. The highest BCUT2D eigenvalue weighted by Crippen LogP contribution is 2.45. The molecule has 7 nitrogen and oxygen atoms in total. The van der Waals surface area contributed by atoms with E-state index in [4.69, 9.17) is 0 Å². The topological polar surface area (TPSA) is 94.6 Å². The number of fused-ring (bicyclic) bond motifs is 1. The molecule has 3 N–H and O–H groups in total. The normalized spacial score (nSPS) is 15.1. The smallest absolute Gasteiger partial charge is 0.147 e. The van der Waals surface area contributed by atoms with Gasteiger partial charge in [-0.05, 0) is 37.0 Å². The van der Waals surface area contributed by atoms with Gasteiger partial charge in [0.25, 0.3) is 0 Å². The molecular formula is C24H30N4O3. The summed E-state index contributed by atoms with van der Waals surface area (Å²) in [6, 6.07) is 9.35. The lowest BCUT2D eigenvalue weighted by molar-refractivity contribution is -0.0186. The second-order valence-electron chi connectivity index (χ2n) is 8.30. The Morgan fingerprint density at radius 1 is 1.13 bits per heavy atom. The maximum atomic E-state index is 11.4. The van der Waals surface area contributed by atoms with Gasteiger partial charge in [0.1, 0.15) is 29.9 Å². The van der Waals surface area contributed by atoms with E-state index in [0.717, 1.165) is 41.8 Å². The Bertz CT molecular complexity index is 1060. The Kier molecular flexibility index (Phi) is 6.25. The van der Waals surface area contributed by atoms with Gasteiger partial charge in [0.15, 0.2) is 0 Å². The standard InChI is InChI=1S/C24H30N4O3/c1-3-4-5-8-18-13-19(29)21(17-9-6-7-16(2)12-17)23(30)22(18)24(31)27-10-11-28-15-25-26-20(28)14-27/h6-7,9,12-13,15,24,29-31H,3-5,8,10-11,14H2,1-2H3. The van der Waals surface area contributed by atoms with Crippen LogP contribution in [-0.2, 0) is 19.5 Å². The van der Waals surface area contributed by atoms with Gasteiger partial charge in [0.2, 0.25) is 0 Å². The Morgan fingerprint density at radius 3 is 2.74 bits per heavy atom. The van der Waals surface area contributed by atoms with Crippen LogP contribution in [0.2, 0.25) is 0 Å². The molecule has 3 aromatic rings. The Morgan fingerprint density at radius 2 is 1.97 bits per heavy atom. The number of hydrogen-bond acceptors (Lipinski definition) is 6. The van der Waals surface area contributed by atoms with Crippen molar-refractivity contribution in [3.63, 3.8) is 0 Å². The molecule has 0 amide bonds. The van der Waals surface area contributed by atoms with E-state index in [1.165, 1.54) is 0 Å². The van der Waals surface area contributed by atoms with Gasteiger partial charge in [-0.1, -0.05) is 49.6 Å². The number of hydrogen-bond donors (Lipinski definition) is 3. The Labute approximate surface area is 182 Å². The summed E-state index contributed by atoms with van der Waals surface area (Å²) in [7, 11) is 0. The van der Waals surface area contributed by atoms with Crippen LogP contribution in [0.15, 0.2) is 36.7 Å². The van der Waals surface area contributed by atoms with Gasteiger partial charge >= 0.3 is 0 Å². The van der Waals surface area contributed by atoms with Gasteiger partial charge < -0.3 is 19.9 Å². The van der Waals surface area contributed by atoms with E-state index in [1.807, 2.05) is 40.7 Å². The van der Waals surface area contributed by atoms with Gasteiger partial charge in [-0.25, -0.2) is 0 Å². The fraction of sp³-hybridized carbons (Fsp3) is 0.417. The molecule has 0 bridgehead atoms. The molecule has 0 aliphatic carbocycles. The van der Waals surface area contributed by atoms with Crippen LogP contribution in [0, 0.1) is 6.92 Å². The lowest BCUT2D eigenvalue weighted by Crippen LogP contribution is -2.37. The number of aryl methyl sites for hydroxylation is 2. The molecule has 2 heterocycles. The van der Waals surface area contributed by atoms with Crippen LogP contribution in [0.3, 0.4) is 0 Å². The molecule has 1 aromatic heterocycles. The molecule has 0 saturated carbocycles. The molecule has 4 rings (SSSR count). The summed E-state index contributed by atoms with van der Waals surface area (Å²) in [6.07, 6.45) is 4.41. The number of nitrogens with zero attached hydrogens (tertiary/aromatic N) is 4. The summed E-state index contributed by atoms with van der Waals surface area (Å²) in [5.74, 6) is 0.760. The number of benzene rings is 2. The predicted molar refractivity (Wildman–Crippen MR) is 119 cm³/mol. The number of phenolic OH excluding ortho intramolecular Hbond substituents is 2. The minimum absolute atomic E-state index is 0.0314. The van der Waals surface area contributed by atoms with Crippen molar-refractivity contribution in [3.8, 4) is 22.6 Å². The number of aromatic hydroxyl groups is 2. The molecule has 0 fully saturated rings. The molecule has 1 unspecified atom stereocenters. The van der Waals surface area contributed by atoms with Crippen molar-refractivity contribution in [3.05, 3.63) is 59.2 Å². The van der Waals surface area contributed by atoms with Crippen LogP contribution in [0.25, 0.3) is 11.1 Å². The highest BCUT2D eigenvalue weighted by atomic mass is 16.3. The maximum absolute atomic E-state index is 11.4. The molecule has 1 aliphatic rings. The number of aliphatic hydroxyl groups excluding tert-OH is 1. The van der Waals surface area contributed by atoms with Crippen LogP contribution in [-0.4, -0.2) is 41.5 Å². The van der Waals surface area contributed by atoms with Gasteiger partial charge in [-0.3, -0.25) is 4.90 Å². The summed E-state index contributed by atoms with van der Waals surface area (Å²) >= 11 is 0. The first-order chi connectivity index (χ1) is 15.0. The van der Waals surface area contributed by atoms with Gasteiger partial charge in [0, 0.05) is 18.7 Å². The van der Waals surface area contributed by atoms with E-state index in [0.29, 0.717) is 37.2 Å². The third-order valence-electron chi connectivity index (χ3n) is 6.03. The third kappa shape index (κ3) is 4.29. The first-order valence-corrected chi connectivity index (χ1v) is 10.9. The van der Waals surface area contributed by atoms with E-state index in [1.54, 1.807) is 12.4 Å². The highest BCUT2D eigenvalue weighted by molar-refractivity contribution is 5.79. The first-order valence-electron chi connectivity index (χ1n) is 10.9. The molecule has 1 aliphatic heterocycles. The Balaban J connectivity index is 1.77. The molecule has 1 atom stereocenters. The van der Waals surface area contributed by atoms with E-state index in [9.17, 15) is 15.3 Å². The van der Waals surface area contributed by atoms with Crippen molar-refractivity contribution >= 4 is 0 Å². The second kappa shape index (κ2) is 9.08. The average Bonchev–Trinajstić information content (AvgIpc) is 3.21. The summed E-state index contributed by atoms with van der Waals surface area (Å²) in [5, 5.41) is 41.6. The average molecular weight is 423 g/mol. The number of phenols is 2. The van der Waals surface area contributed by atoms with E-state index < -0.39 is 6.23 Å². The Hall–Kier alpha value is -2.90. The predicted octanol–water partition coefficient (Wildman–Crippen LogP) is 3.90. The van der Waals surface area contributed by atoms with Crippen molar-refractivity contribution in [2.24, 2.45) is 0 Å². The summed E-state index contributed by atoms with van der Waals surface area (Å²) in [5.41, 5.74) is 3.36. The monoisotopic (exact) mass is 422 g/mol. The van der Waals surface area contributed by atoms with E-state index in [2.05, 4.69) is 17.1 Å². The van der Waals surface area contributed by atoms with E-state index in [-0.39, 0.29) is 11.5 Å². The summed E-state index contributed by atoms with van der Waals surface area (Å²) in [6.45, 7) is 5.83. The molecule has 2 aromatic carbocycles. The van der Waals surface area contributed by atoms with Crippen LogP contribution < -0.4 is 0 Å². The fourth-order valence-corrected chi connectivity index (χ4v) is 4.34. The fourth-order valence-electron chi connectivity index (χ4n) is 4.34. The lowest BCUT2D eigenvalue weighted by atomic mass is 9.91. The zero-order valence-electron chi connectivity index (χ0n) is 18.1. The maximum Gasteiger partial charge on any atom is 0.147 e. The van der Waals surface area contributed by atoms with Crippen LogP contribution >= 0.6 is 0 Å². The number of aliphatic hydroxyl groups is 1. The van der Waals surface area contributed by atoms with Crippen molar-refractivity contribution in [2.45, 2.75) is 58.8 Å². The molecule has 31 heavy (non-hydrogen) atoms. The SMILES string of the molecule is CCCCCc1cc(O)c(-c2cccc(C)c2)c(O)c1C(O)N1CCn2cnnc2C1. The zero-order chi connectivity index (χ0) is 22.0. The molecule has 0 saturated heterocycles. The molecular weight excluding hydrogens is 392 g/mol. The molecule has 164 valence electrons. The highest BCUT2D eigenvalue weighted by Gasteiger charge is 2.30. The van der Waals surface area contributed by atoms with Gasteiger partial charge in [-0.2, -0.15) is 0 Å². The zero-order valence-corrected chi connectivity index (χ0v) is 18.1. The van der Waals surface area contributed by atoms with Crippen molar-refractivity contribution < 1.29 is 15.3 Å². The molecule has 7 heteroatoms. The van der Waals surface area contributed by atoms with E-state index >= 15 is 0 Å². The number of rotatable bonds is 7. The number of aromatic nitrogens is 3. The first kappa shape index (κ1) is 21.3. The van der Waals surface area contributed by atoms with Crippen molar-refractivity contribution in [1.29, 1.82) is 0 Å². The van der Waals surface area contributed by atoms with Crippen molar-refractivity contribution in [2.75, 3.05) is 6.54 Å². The quantitative estimate of drug-likeness (QED) is 0.500. The second-order valence-corrected chi connectivity index (χ2v) is 8.30. The molecule has 0 spiro atoms. The number of unbranched alkanes of at least 4 members (excludes halogenated alkanes) is 2. The van der Waals surface area contributed by atoms with Crippen LogP contribution in [0.1, 0.15) is 54.9 Å². The third-order valence-corrected chi connectivity index (χ3v) is 6.03. The van der Waals surface area contributed by atoms with Gasteiger partial charge in [0.05, 0.1) is 12.1 Å².